The van der Waals surface area contributed by atoms with Gasteiger partial charge in [-0.2, -0.15) is 0 Å². The lowest BCUT2D eigenvalue weighted by Crippen LogP contribution is -2.43. The number of ether oxygens (including phenoxy) is 2. The first-order valence-corrected chi connectivity index (χ1v) is 10.1. The van der Waals surface area contributed by atoms with Gasteiger partial charge in [-0.05, 0) is 55.3 Å². The fraction of sp³-hybridized carbons (Fsp3) is 0.263. The minimum Gasteiger partial charge on any atom is -0.495 e. The summed E-state index contributed by atoms with van der Waals surface area (Å²) in [6.45, 7) is 4.72. The van der Waals surface area contributed by atoms with Gasteiger partial charge in [-0.3, -0.25) is 15.0 Å². The number of carbonyl (C=O) groups is 2. The highest BCUT2D eigenvalue weighted by molar-refractivity contribution is 7.89. The number of anilines is 1. The number of nitrogens with one attached hydrogen (secondary N) is 3. The third kappa shape index (κ3) is 6.47. The zero-order chi connectivity index (χ0) is 21.6. The molecule has 0 bridgehead atoms. The smallest absolute Gasteiger partial charge is 0.272 e. The van der Waals surface area contributed by atoms with Gasteiger partial charge in [-0.15, -0.1) is 4.83 Å². The number of amides is 2. The minimum absolute atomic E-state index is 0.169. The quantitative estimate of drug-likeness (QED) is 0.557. The molecule has 0 aliphatic rings. The predicted octanol–water partition coefficient (Wildman–Crippen LogP) is 1.66. The lowest BCUT2D eigenvalue weighted by molar-refractivity contribution is -0.123. The molecule has 0 radical (unpaired) electrons. The second-order valence-corrected chi connectivity index (χ2v) is 7.99. The van der Waals surface area contributed by atoms with E-state index in [9.17, 15) is 18.0 Å². The van der Waals surface area contributed by atoms with Crippen molar-refractivity contribution in [3.8, 4) is 11.5 Å². The van der Waals surface area contributed by atoms with Crippen LogP contribution in [0.1, 0.15) is 18.1 Å². The van der Waals surface area contributed by atoms with E-state index in [2.05, 4.69) is 10.7 Å². The Kier molecular flexibility index (Phi) is 7.18. The maximum absolute atomic E-state index is 12.4. The number of methoxy groups -OCH3 is 1. The molecule has 0 aliphatic heterocycles. The van der Waals surface area contributed by atoms with Gasteiger partial charge in [0.05, 0.1) is 17.7 Å². The lowest BCUT2D eigenvalue weighted by atomic mass is 10.1. The molecule has 2 aromatic rings. The second kappa shape index (κ2) is 9.39. The van der Waals surface area contributed by atoms with Gasteiger partial charge in [0, 0.05) is 6.92 Å². The molecule has 9 nitrogen and oxygen atoms in total. The normalized spacial score (nSPS) is 10.9. The van der Waals surface area contributed by atoms with E-state index in [0.717, 1.165) is 11.1 Å². The Morgan fingerprint density at radius 1 is 1.03 bits per heavy atom. The van der Waals surface area contributed by atoms with Gasteiger partial charge in [0.1, 0.15) is 11.5 Å². The number of sulfonamides is 1. The number of benzene rings is 2. The highest BCUT2D eigenvalue weighted by Crippen LogP contribution is 2.27. The summed E-state index contributed by atoms with van der Waals surface area (Å²) in [5.41, 5.74) is 4.24. The Labute approximate surface area is 169 Å². The number of aryl methyl sites for hydroxylation is 2. The molecule has 2 amide bonds. The van der Waals surface area contributed by atoms with Crippen LogP contribution in [-0.4, -0.2) is 33.9 Å². The molecule has 2 rings (SSSR count). The van der Waals surface area contributed by atoms with Crippen molar-refractivity contribution in [3.63, 3.8) is 0 Å². The molecule has 156 valence electrons. The maximum Gasteiger partial charge on any atom is 0.272 e. The van der Waals surface area contributed by atoms with Crippen molar-refractivity contribution in [3.05, 3.63) is 47.5 Å². The maximum atomic E-state index is 12.4. The fourth-order valence-corrected chi connectivity index (χ4v) is 3.41. The minimum atomic E-state index is -4.08. The summed E-state index contributed by atoms with van der Waals surface area (Å²) < 4.78 is 35.3. The van der Waals surface area contributed by atoms with E-state index in [4.69, 9.17) is 9.47 Å². The van der Waals surface area contributed by atoms with Gasteiger partial charge in [0.2, 0.25) is 5.91 Å². The first-order chi connectivity index (χ1) is 13.6. The van der Waals surface area contributed by atoms with Crippen LogP contribution in [0.5, 0.6) is 11.5 Å². The van der Waals surface area contributed by atoms with Crippen molar-refractivity contribution < 1.29 is 27.5 Å². The molecule has 0 fully saturated rings. The lowest BCUT2D eigenvalue weighted by Gasteiger charge is -2.13. The van der Waals surface area contributed by atoms with Crippen molar-refractivity contribution in [1.82, 2.24) is 10.3 Å². The molecule has 0 aromatic heterocycles. The van der Waals surface area contributed by atoms with Gasteiger partial charge >= 0.3 is 0 Å². The topological polar surface area (TPSA) is 123 Å². The summed E-state index contributed by atoms with van der Waals surface area (Å²) in [6, 6.07) is 9.40. The average molecular weight is 421 g/mol. The second-order valence-electron chi connectivity index (χ2n) is 6.31. The molecule has 0 saturated heterocycles. The number of hydrazine groups is 1. The standard InChI is InChI=1S/C19H23N3O6S/c1-12-7-13(2)9-15(8-12)28-11-19(24)21-22-29(25,26)16-5-6-18(27-4)17(10-16)20-14(3)23/h5-10,22H,11H2,1-4H3,(H,20,23)(H,21,24). The van der Waals surface area contributed by atoms with Crippen molar-refractivity contribution in [2.45, 2.75) is 25.7 Å². The SMILES string of the molecule is COc1ccc(S(=O)(=O)NNC(=O)COc2cc(C)cc(C)c2)cc1NC(C)=O. The van der Waals surface area contributed by atoms with Gasteiger partial charge in [-0.1, -0.05) is 6.07 Å². The van der Waals surface area contributed by atoms with Gasteiger partial charge < -0.3 is 14.8 Å². The summed E-state index contributed by atoms with van der Waals surface area (Å²) in [5.74, 6) is -0.258. The molecule has 3 N–H and O–H groups in total. The van der Waals surface area contributed by atoms with Gasteiger partial charge in [0.25, 0.3) is 15.9 Å². The van der Waals surface area contributed by atoms with Crippen LogP contribution in [0.15, 0.2) is 41.3 Å². The highest BCUT2D eigenvalue weighted by Gasteiger charge is 2.18. The molecular weight excluding hydrogens is 398 g/mol. The van der Waals surface area contributed by atoms with Crippen LogP contribution in [0.2, 0.25) is 0 Å². The Morgan fingerprint density at radius 3 is 2.28 bits per heavy atom. The van der Waals surface area contributed by atoms with E-state index < -0.39 is 15.9 Å². The molecule has 10 heteroatoms. The van der Waals surface area contributed by atoms with Crippen molar-refractivity contribution in [2.24, 2.45) is 0 Å². The predicted molar refractivity (Wildman–Crippen MR) is 107 cm³/mol. The molecule has 0 unspecified atom stereocenters. The van der Waals surface area contributed by atoms with E-state index in [1.807, 2.05) is 24.7 Å². The van der Waals surface area contributed by atoms with Crippen LogP contribution in [0.25, 0.3) is 0 Å². The first kappa shape index (κ1) is 22.2. The third-order valence-corrected chi connectivity index (χ3v) is 4.93. The summed E-state index contributed by atoms with van der Waals surface area (Å²) in [7, 11) is -2.69. The van der Waals surface area contributed by atoms with Crippen LogP contribution >= 0.6 is 0 Å². The van der Waals surface area contributed by atoms with Crippen LogP contribution in [0.4, 0.5) is 5.69 Å². The monoisotopic (exact) mass is 421 g/mol. The molecule has 0 atom stereocenters. The number of rotatable bonds is 8. The largest absolute Gasteiger partial charge is 0.495 e. The van der Waals surface area contributed by atoms with Gasteiger partial charge in [-0.25, -0.2) is 8.42 Å². The highest BCUT2D eigenvalue weighted by atomic mass is 32.2. The van der Waals surface area contributed by atoms with E-state index in [1.54, 1.807) is 12.1 Å². The number of carbonyl (C=O) groups excluding carboxylic acids is 2. The molecule has 2 aromatic carbocycles. The van der Waals surface area contributed by atoms with Crippen LogP contribution in [0, 0.1) is 13.8 Å². The molecule has 29 heavy (non-hydrogen) atoms. The Balaban J connectivity index is 2.01. The first-order valence-electron chi connectivity index (χ1n) is 8.58. The Morgan fingerprint density at radius 2 is 1.69 bits per heavy atom. The molecular formula is C19H23N3O6S. The number of hydrogen-bond acceptors (Lipinski definition) is 6. The van der Waals surface area contributed by atoms with Crippen LogP contribution in [0.3, 0.4) is 0 Å². The third-order valence-electron chi connectivity index (χ3n) is 3.68. The molecule has 0 heterocycles. The van der Waals surface area contributed by atoms with Crippen molar-refractivity contribution in [2.75, 3.05) is 19.0 Å². The summed E-state index contributed by atoms with van der Waals surface area (Å²) >= 11 is 0. The van der Waals surface area contributed by atoms with E-state index in [0.29, 0.717) is 11.5 Å². The molecule has 0 saturated carbocycles. The average Bonchev–Trinajstić information content (AvgIpc) is 2.63. The van der Waals surface area contributed by atoms with E-state index >= 15 is 0 Å². The van der Waals surface area contributed by atoms with Crippen LogP contribution < -0.4 is 25.0 Å². The van der Waals surface area contributed by atoms with Crippen LogP contribution in [-0.2, 0) is 19.6 Å². The Hall–Kier alpha value is -3.11. The summed E-state index contributed by atoms with van der Waals surface area (Å²) in [4.78, 5) is 25.0. The molecule has 0 aliphatic carbocycles. The van der Waals surface area contributed by atoms with Crippen molar-refractivity contribution >= 4 is 27.5 Å². The zero-order valence-electron chi connectivity index (χ0n) is 16.5. The van der Waals surface area contributed by atoms with Crippen molar-refractivity contribution in [1.29, 1.82) is 0 Å². The summed E-state index contributed by atoms with van der Waals surface area (Å²) in [6.07, 6.45) is 0. The van der Waals surface area contributed by atoms with E-state index in [1.165, 1.54) is 32.2 Å². The van der Waals surface area contributed by atoms with Gasteiger partial charge in [0.15, 0.2) is 6.61 Å². The fourth-order valence-electron chi connectivity index (χ4n) is 2.53. The summed E-state index contributed by atoms with van der Waals surface area (Å²) in [5, 5.41) is 2.49. The zero-order valence-corrected chi connectivity index (χ0v) is 17.3. The van der Waals surface area contributed by atoms with E-state index in [-0.39, 0.29) is 23.1 Å². The Bertz CT molecular complexity index is 1000. The number of hydrogen-bond donors (Lipinski definition) is 3. The molecule has 0 spiro atoms.